The smallest absolute Gasteiger partial charge is 0.460 e. The third kappa shape index (κ3) is 2.43. The maximum Gasteiger partial charge on any atom is 0.460 e. The van der Waals surface area contributed by atoms with Crippen LogP contribution in [0.15, 0.2) is 18.2 Å². The third-order valence-electron chi connectivity index (χ3n) is 3.28. The first-order valence-electron chi connectivity index (χ1n) is 6.10. The minimum Gasteiger partial charge on any atom is -0.497 e. The summed E-state index contributed by atoms with van der Waals surface area (Å²) in [6, 6.07) is 3.14. The molecule has 1 aromatic carbocycles. The minimum atomic E-state index is -6.58. The third-order valence-corrected chi connectivity index (χ3v) is 3.28. The van der Waals surface area contributed by atoms with E-state index >= 15 is 0 Å². The highest BCUT2D eigenvalue weighted by atomic mass is 19.4. The zero-order valence-corrected chi connectivity index (χ0v) is 11.6. The molecule has 0 aliphatic carbocycles. The predicted molar refractivity (Wildman–Crippen MR) is 66.7 cm³/mol. The number of ether oxygens (including phenoxy) is 1. The van der Waals surface area contributed by atoms with Crippen LogP contribution in [-0.4, -0.2) is 35.3 Å². The van der Waals surface area contributed by atoms with Crippen LogP contribution in [0.3, 0.4) is 0 Å². The molecule has 4 nitrogen and oxygen atoms in total. The van der Waals surface area contributed by atoms with Gasteiger partial charge in [0.05, 0.1) is 12.7 Å². The van der Waals surface area contributed by atoms with Crippen molar-refractivity contribution in [3.05, 3.63) is 29.5 Å². The van der Waals surface area contributed by atoms with Crippen molar-refractivity contribution in [3.63, 3.8) is 0 Å². The number of alkyl halides is 7. The number of carboxylic acid groups (broad SMARTS) is 1. The molecular formula is C13H8F7NO3. The van der Waals surface area contributed by atoms with Gasteiger partial charge in [0, 0.05) is 10.9 Å². The summed E-state index contributed by atoms with van der Waals surface area (Å²) < 4.78 is 95.8. The Morgan fingerprint density at radius 2 is 1.71 bits per heavy atom. The Kier molecular flexibility index (Phi) is 3.94. The molecule has 0 radical (unpaired) electrons. The van der Waals surface area contributed by atoms with Crippen LogP contribution in [0, 0.1) is 0 Å². The van der Waals surface area contributed by atoms with Gasteiger partial charge in [-0.25, -0.2) is 4.79 Å². The Balaban J connectivity index is 2.81. The van der Waals surface area contributed by atoms with Crippen molar-refractivity contribution >= 4 is 16.9 Å². The van der Waals surface area contributed by atoms with Crippen LogP contribution < -0.4 is 4.74 Å². The second-order valence-corrected chi connectivity index (χ2v) is 4.74. The summed E-state index contributed by atoms with van der Waals surface area (Å²) in [7, 11) is 1.17. The zero-order valence-electron chi connectivity index (χ0n) is 11.6. The lowest BCUT2D eigenvalue weighted by molar-refractivity contribution is -0.360. The topological polar surface area (TPSA) is 62.3 Å². The summed E-state index contributed by atoms with van der Waals surface area (Å²) in [5.74, 6) is -14.4. The fourth-order valence-corrected chi connectivity index (χ4v) is 2.09. The number of aromatic carboxylic acids is 1. The standard InChI is InChI=1S/C13H8F7NO3/c1-24-5-2-3-7-6(4-5)8(10(22)23)9(21-7)11(14,15)12(16,17)13(18,19)20/h2-4,21H,1H3,(H,22,23). The SMILES string of the molecule is COc1ccc2[nH]c(C(F)(F)C(F)(F)C(F)(F)F)c(C(=O)O)c2c1. The molecule has 24 heavy (non-hydrogen) atoms. The highest BCUT2D eigenvalue weighted by Gasteiger charge is 2.74. The van der Waals surface area contributed by atoms with E-state index in [1.54, 1.807) is 4.98 Å². The fraction of sp³-hybridized carbons (Fsp3) is 0.308. The first-order valence-corrected chi connectivity index (χ1v) is 6.10. The van der Waals surface area contributed by atoms with Crippen LogP contribution in [0.4, 0.5) is 30.7 Å². The Morgan fingerprint density at radius 3 is 2.17 bits per heavy atom. The average molecular weight is 359 g/mol. The van der Waals surface area contributed by atoms with Crippen molar-refractivity contribution in [3.8, 4) is 5.75 Å². The maximum absolute atomic E-state index is 13.9. The predicted octanol–water partition coefficient (Wildman–Crippen LogP) is 4.16. The van der Waals surface area contributed by atoms with E-state index in [9.17, 15) is 35.5 Å². The Morgan fingerprint density at radius 1 is 1.12 bits per heavy atom. The van der Waals surface area contributed by atoms with E-state index in [0.29, 0.717) is 0 Å². The number of carbonyl (C=O) groups is 1. The van der Waals surface area contributed by atoms with Gasteiger partial charge in [-0.15, -0.1) is 0 Å². The van der Waals surface area contributed by atoms with Crippen LogP contribution in [0.25, 0.3) is 10.9 Å². The van der Waals surface area contributed by atoms with E-state index in [1.165, 1.54) is 13.2 Å². The van der Waals surface area contributed by atoms with Gasteiger partial charge in [0.1, 0.15) is 11.4 Å². The minimum absolute atomic E-state index is 0.00134. The molecule has 0 bridgehead atoms. The number of hydrogen-bond donors (Lipinski definition) is 2. The van der Waals surface area contributed by atoms with Crippen LogP contribution in [-0.2, 0) is 5.92 Å². The normalized spacial score (nSPS) is 13.3. The van der Waals surface area contributed by atoms with Crippen LogP contribution in [0.2, 0.25) is 0 Å². The molecule has 1 aromatic heterocycles. The van der Waals surface area contributed by atoms with E-state index < -0.39 is 40.6 Å². The molecule has 0 spiro atoms. The van der Waals surface area contributed by atoms with Gasteiger partial charge in [-0.2, -0.15) is 30.7 Å². The number of benzene rings is 1. The summed E-state index contributed by atoms with van der Waals surface area (Å²) in [5.41, 5.74) is -3.79. The molecule has 0 fully saturated rings. The van der Waals surface area contributed by atoms with Crippen molar-refractivity contribution in [1.29, 1.82) is 0 Å². The van der Waals surface area contributed by atoms with Crippen molar-refractivity contribution < 1.29 is 45.4 Å². The number of methoxy groups -OCH3 is 1. The lowest BCUT2D eigenvalue weighted by atomic mass is 10.0. The number of aromatic nitrogens is 1. The summed E-state index contributed by atoms with van der Waals surface area (Å²) in [4.78, 5) is 12.8. The number of aromatic amines is 1. The van der Waals surface area contributed by atoms with Gasteiger partial charge < -0.3 is 14.8 Å². The van der Waals surface area contributed by atoms with Gasteiger partial charge in [0.2, 0.25) is 0 Å². The molecule has 1 heterocycles. The number of rotatable bonds is 4. The molecule has 0 aliphatic rings. The van der Waals surface area contributed by atoms with Crippen molar-refractivity contribution in [2.45, 2.75) is 18.0 Å². The average Bonchev–Trinajstić information content (AvgIpc) is 2.84. The fourth-order valence-electron chi connectivity index (χ4n) is 2.09. The number of H-pyrrole nitrogens is 1. The van der Waals surface area contributed by atoms with Gasteiger partial charge in [-0.3, -0.25) is 0 Å². The zero-order chi connectivity index (χ0) is 18.5. The molecule has 2 rings (SSSR count). The van der Waals surface area contributed by atoms with E-state index in [1.807, 2.05) is 0 Å². The van der Waals surface area contributed by atoms with E-state index in [2.05, 4.69) is 0 Å². The molecule has 0 saturated heterocycles. The van der Waals surface area contributed by atoms with Gasteiger partial charge in [-0.05, 0) is 18.2 Å². The Bertz CT molecular complexity index is 795. The van der Waals surface area contributed by atoms with E-state index in [0.717, 1.165) is 12.1 Å². The van der Waals surface area contributed by atoms with Crippen LogP contribution >= 0.6 is 0 Å². The summed E-state index contributed by atoms with van der Waals surface area (Å²) in [6.45, 7) is 0. The monoisotopic (exact) mass is 359 g/mol. The molecular weight excluding hydrogens is 351 g/mol. The molecule has 2 aromatic rings. The van der Waals surface area contributed by atoms with Crippen molar-refractivity contribution in [1.82, 2.24) is 4.98 Å². The highest BCUT2D eigenvalue weighted by molar-refractivity contribution is 6.05. The molecule has 0 saturated carbocycles. The lowest BCUT2D eigenvalue weighted by Crippen LogP contribution is -2.50. The molecule has 0 aliphatic heterocycles. The van der Waals surface area contributed by atoms with Gasteiger partial charge >= 0.3 is 24.0 Å². The number of nitrogens with one attached hydrogen (secondary N) is 1. The maximum atomic E-state index is 13.9. The van der Waals surface area contributed by atoms with Crippen molar-refractivity contribution in [2.75, 3.05) is 7.11 Å². The van der Waals surface area contributed by atoms with Crippen LogP contribution in [0.1, 0.15) is 16.1 Å². The second kappa shape index (κ2) is 5.28. The first-order chi connectivity index (χ1) is 10.8. The van der Waals surface area contributed by atoms with Crippen LogP contribution in [0.5, 0.6) is 5.75 Å². The second-order valence-electron chi connectivity index (χ2n) is 4.74. The van der Waals surface area contributed by atoms with Gasteiger partial charge in [-0.1, -0.05) is 0 Å². The quantitative estimate of drug-likeness (QED) is 0.806. The Hall–Kier alpha value is -2.46. The van der Waals surface area contributed by atoms with E-state index in [4.69, 9.17) is 9.84 Å². The molecule has 132 valence electrons. The van der Waals surface area contributed by atoms with Gasteiger partial charge in [0.15, 0.2) is 0 Å². The number of halogens is 7. The van der Waals surface area contributed by atoms with Crippen molar-refractivity contribution in [2.24, 2.45) is 0 Å². The molecule has 0 amide bonds. The number of carboxylic acids is 1. The lowest BCUT2D eigenvalue weighted by Gasteiger charge is -2.27. The number of hydrogen-bond acceptors (Lipinski definition) is 2. The molecule has 0 unspecified atom stereocenters. The summed E-state index contributed by atoms with van der Waals surface area (Å²) in [6.07, 6.45) is -6.58. The first kappa shape index (κ1) is 17.9. The largest absolute Gasteiger partial charge is 0.497 e. The summed E-state index contributed by atoms with van der Waals surface area (Å²) >= 11 is 0. The molecule has 11 heteroatoms. The summed E-state index contributed by atoms with van der Waals surface area (Å²) in [5, 5.41) is 8.54. The van der Waals surface area contributed by atoms with E-state index in [-0.39, 0.29) is 11.3 Å². The molecule has 2 N–H and O–H groups in total. The highest BCUT2D eigenvalue weighted by Crippen LogP contribution is 2.53. The Labute approximate surface area is 128 Å². The van der Waals surface area contributed by atoms with Gasteiger partial charge in [0.25, 0.3) is 0 Å². The number of fused-ring (bicyclic) bond motifs is 1. The molecule has 0 atom stereocenters.